The number of ketones is 1. The van der Waals surface area contributed by atoms with Crippen molar-refractivity contribution in [2.75, 3.05) is 6.61 Å². The molecule has 5 nitrogen and oxygen atoms in total. The maximum atomic E-state index is 12.3. The minimum Gasteiger partial charge on any atom is -0.479 e. The Balaban J connectivity index is 3.02. The Bertz CT molecular complexity index is 501. The van der Waals surface area contributed by atoms with Gasteiger partial charge in [0.05, 0.1) is 0 Å². The van der Waals surface area contributed by atoms with Crippen LogP contribution in [-0.2, 0) is 14.3 Å². The summed E-state index contributed by atoms with van der Waals surface area (Å²) < 4.78 is 5.61. The van der Waals surface area contributed by atoms with Crippen molar-refractivity contribution in [1.29, 1.82) is 0 Å². The summed E-state index contributed by atoms with van der Waals surface area (Å²) in [6.07, 6.45) is 8.03. The monoisotopic (exact) mass is 294 g/mol. The normalized spacial score (nSPS) is 24.1. The van der Waals surface area contributed by atoms with E-state index >= 15 is 0 Å². The van der Waals surface area contributed by atoms with E-state index in [-0.39, 0.29) is 30.3 Å². The predicted octanol–water partition coefficient (Wildman–Crippen LogP) is 2.22. The minimum absolute atomic E-state index is 0.0975. The lowest BCUT2D eigenvalue weighted by Gasteiger charge is -2.20. The zero-order valence-electron chi connectivity index (χ0n) is 12.6. The molecule has 2 atom stereocenters. The van der Waals surface area contributed by atoms with E-state index in [1.54, 1.807) is 32.1 Å². The Hall–Kier alpha value is -1.88. The van der Waals surface area contributed by atoms with Crippen molar-refractivity contribution in [1.82, 2.24) is 0 Å². The number of aliphatic hydroxyl groups is 1. The highest BCUT2D eigenvalue weighted by molar-refractivity contribution is 6.22. The molecule has 1 aliphatic heterocycles. The maximum Gasteiger partial charge on any atom is 0.342 e. The Morgan fingerprint density at radius 3 is 2.62 bits per heavy atom. The molecule has 1 unspecified atom stereocenters. The molecule has 1 heterocycles. The molecule has 1 aliphatic rings. The first-order chi connectivity index (χ1) is 9.85. The number of Topliss-reactive ketones (excluding diaryl/α,β-unsaturated/α-hetero) is 1. The lowest BCUT2D eigenvalue weighted by atomic mass is 9.95. The molecule has 0 aliphatic carbocycles. The summed E-state index contributed by atoms with van der Waals surface area (Å²) in [5.74, 6) is -1.88. The van der Waals surface area contributed by atoms with Crippen LogP contribution in [0, 0.1) is 5.92 Å². The second-order valence-corrected chi connectivity index (χ2v) is 5.33. The van der Waals surface area contributed by atoms with Gasteiger partial charge in [-0.05, 0) is 25.3 Å². The number of ether oxygens (including phenoxy) is 1. The summed E-state index contributed by atoms with van der Waals surface area (Å²) in [5, 5.41) is 18.3. The first kappa shape index (κ1) is 17.2. The Kier molecular flexibility index (Phi) is 5.90. The van der Waals surface area contributed by atoms with Crippen molar-refractivity contribution in [2.24, 2.45) is 5.92 Å². The van der Waals surface area contributed by atoms with Crippen molar-refractivity contribution < 1.29 is 24.5 Å². The molecule has 0 saturated heterocycles. The van der Waals surface area contributed by atoms with Gasteiger partial charge >= 0.3 is 5.97 Å². The molecule has 0 radical (unpaired) electrons. The van der Waals surface area contributed by atoms with Crippen LogP contribution in [0.25, 0.3) is 0 Å². The Morgan fingerprint density at radius 2 is 2.10 bits per heavy atom. The smallest absolute Gasteiger partial charge is 0.342 e. The van der Waals surface area contributed by atoms with Crippen molar-refractivity contribution in [3.63, 3.8) is 0 Å². The van der Waals surface area contributed by atoms with Crippen molar-refractivity contribution in [3.8, 4) is 0 Å². The number of carbonyl (C=O) groups excluding carboxylic acids is 1. The van der Waals surface area contributed by atoms with Gasteiger partial charge in [-0.2, -0.15) is 0 Å². The topological polar surface area (TPSA) is 83.8 Å². The van der Waals surface area contributed by atoms with Gasteiger partial charge in [0, 0.05) is 13.0 Å². The van der Waals surface area contributed by atoms with Crippen LogP contribution in [0.15, 0.2) is 35.6 Å². The van der Waals surface area contributed by atoms with E-state index < -0.39 is 17.4 Å². The van der Waals surface area contributed by atoms with Crippen LogP contribution in [0.3, 0.4) is 0 Å². The Labute approximate surface area is 124 Å². The molecule has 0 saturated carbocycles. The molecule has 1 rings (SSSR count). The third-order valence-electron chi connectivity index (χ3n) is 3.25. The largest absolute Gasteiger partial charge is 0.479 e. The second-order valence-electron chi connectivity index (χ2n) is 5.33. The van der Waals surface area contributed by atoms with E-state index in [2.05, 4.69) is 0 Å². The quantitative estimate of drug-likeness (QED) is 0.555. The number of carboxylic acid groups (broad SMARTS) is 1. The maximum absolute atomic E-state index is 12.3. The van der Waals surface area contributed by atoms with Gasteiger partial charge in [0.25, 0.3) is 0 Å². The SMILES string of the molecule is CC/C=C/C=C/[C@@]1(C)OC(CC(C)CO)=C(C(=O)O)C1=O. The number of carbonyl (C=O) groups is 2. The van der Waals surface area contributed by atoms with Crippen molar-refractivity contribution in [3.05, 3.63) is 35.6 Å². The molecule has 21 heavy (non-hydrogen) atoms. The number of hydrogen-bond acceptors (Lipinski definition) is 4. The summed E-state index contributed by atoms with van der Waals surface area (Å²) in [4.78, 5) is 23.6. The standard InChI is InChI=1S/C16H22O5/c1-4-5-6-7-8-16(3)14(18)13(15(19)20)12(21-16)9-11(2)10-17/h5-8,11,17H,4,9-10H2,1-3H3,(H,19,20)/b6-5+,8-7+/t11?,16-/m1/s1. The summed E-state index contributed by atoms with van der Waals surface area (Å²) in [5.41, 5.74) is -1.61. The lowest BCUT2D eigenvalue weighted by molar-refractivity contribution is -0.135. The zero-order valence-corrected chi connectivity index (χ0v) is 12.6. The Morgan fingerprint density at radius 1 is 1.43 bits per heavy atom. The van der Waals surface area contributed by atoms with Crippen LogP contribution >= 0.6 is 0 Å². The third kappa shape index (κ3) is 4.04. The van der Waals surface area contributed by atoms with Gasteiger partial charge in [-0.25, -0.2) is 4.79 Å². The molecule has 116 valence electrons. The van der Waals surface area contributed by atoms with Crippen molar-refractivity contribution >= 4 is 11.8 Å². The van der Waals surface area contributed by atoms with E-state index in [1.165, 1.54) is 0 Å². The molecule has 0 aromatic rings. The average molecular weight is 294 g/mol. The molecular weight excluding hydrogens is 272 g/mol. The average Bonchev–Trinajstić information content (AvgIpc) is 2.66. The molecule has 5 heteroatoms. The highest BCUT2D eigenvalue weighted by Gasteiger charge is 2.46. The lowest BCUT2D eigenvalue weighted by Crippen LogP contribution is -2.32. The predicted molar refractivity (Wildman–Crippen MR) is 78.6 cm³/mol. The van der Waals surface area contributed by atoms with E-state index in [1.807, 2.05) is 13.0 Å². The van der Waals surface area contributed by atoms with Crippen LogP contribution < -0.4 is 0 Å². The summed E-state index contributed by atoms with van der Waals surface area (Å²) in [6.45, 7) is 5.20. The van der Waals surface area contributed by atoms with Gasteiger partial charge < -0.3 is 14.9 Å². The van der Waals surface area contributed by atoms with E-state index in [0.29, 0.717) is 0 Å². The van der Waals surface area contributed by atoms with Gasteiger partial charge in [-0.3, -0.25) is 4.79 Å². The molecule has 2 N–H and O–H groups in total. The highest BCUT2D eigenvalue weighted by Crippen LogP contribution is 2.35. The first-order valence-electron chi connectivity index (χ1n) is 7.01. The molecule has 0 aromatic heterocycles. The summed E-state index contributed by atoms with van der Waals surface area (Å²) in [6, 6.07) is 0. The number of allylic oxidation sites excluding steroid dienone is 4. The highest BCUT2D eigenvalue weighted by atomic mass is 16.5. The second kappa shape index (κ2) is 7.22. The number of rotatable bonds is 7. The van der Waals surface area contributed by atoms with Gasteiger partial charge in [0.2, 0.25) is 5.78 Å². The number of aliphatic carboxylic acids is 1. The fourth-order valence-corrected chi connectivity index (χ4v) is 2.03. The van der Waals surface area contributed by atoms with Crippen LogP contribution in [0.5, 0.6) is 0 Å². The van der Waals surface area contributed by atoms with Gasteiger partial charge in [-0.15, -0.1) is 0 Å². The van der Waals surface area contributed by atoms with Crippen LogP contribution in [0.2, 0.25) is 0 Å². The first-order valence-corrected chi connectivity index (χ1v) is 7.01. The van der Waals surface area contributed by atoms with Crippen LogP contribution in [-0.4, -0.2) is 34.2 Å². The van der Waals surface area contributed by atoms with Gasteiger partial charge in [0.1, 0.15) is 11.3 Å². The van der Waals surface area contributed by atoms with E-state index in [4.69, 9.17) is 9.84 Å². The fourth-order valence-electron chi connectivity index (χ4n) is 2.03. The zero-order chi connectivity index (χ0) is 16.0. The summed E-state index contributed by atoms with van der Waals surface area (Å²) >= 11 is 0. The van der Waals surface area contributed by atoms with Crippen molar-refractivity contribution in [2.45, 2.75) is 39.2 Å². The third-order valence-corrected chi connectivity index (χ3v) is 3.25. The molecule has 0 amide bonds. The molecule has 0 aromatic carbocycles. The molecular formula is C16H22O5. The number of carboxylic acids is 1. The molecule has 0 bridgehead atoms. The van der Waals surface area contributed by atoms with Gasteiger partial charge in [-0.1, -0.05) is 32.1 Å². The van der Waals surface area contributed by atoms with E-state index in [9.17, 15) is 14.7 Å². The van der Waals surface area contributed by atoms with Gasteiger partial charge in [0.15, 0.2) is 5.60 Å². The molecule has 0 fully saturated rings. The number of hydrogen-bond donors (Lipinski definition) is 2. The summed E-state index contributed by atoms with van der Waals surface area (Å²) in [7, 11) is 0. The van der Waals surface area contributed by atoms with Crippen LogP contribution in [0.4, 0.5) is 0 Å². The number of aliphatic hydroxyl groups excluding tert-OH is 1. The fraction of sp³-hybridized carbons (Fsp3) is 0.500. The van der Waals surface area contributed by atoms with E-state index in [0.717, 1.165) is 6.42 Å². The molecule has 0 spiro atoms. The van der Waals surface area contributed by atoms with Crippen LogP contribution in [0.1, 0.15) is 33.6 Å². The minimum atomic E-state index is -1.30.